The van der Waals surface area contributed by atoms with Crippen LogP contribution in [0.5, 0.6) is 5.75 Å². The predicted molar refractivity (Wildman–Crippen MR) is 101 cm³/mol. The molecule has 1 aromatic heterocycles. The lowest BCUT2D eigenvalue weighted by Crippen LogP contribution is -2.41. The maximum absolute atomic E-state index is 13.2. The number of amides is 2. The van der Waals surface area contributed by atoms with E-state index in [1.807, 2.05) is 6.07 Å². The minimum atomic E-state index is -0.741. The number of anilines is 1. The number of hydrogen-bond acceptors (Lipinski definition) is 4. The van der Waals surface area contributed by atoms with Gasteiger partial charge in [0.15, 0.2) is 0 Å². The van der Waals surface area contributed by atoms with Crippen LogP contribution in [0, 0.1) is 5.82 Å². The molecular weight excluding hydrogens is 363 g/mol. The molecule has 0 aliphatic heterocycles. The summed E-state index contributed by atoms with van der Waals surface area (Å²) in [6.07, 6.45) is 2.69. The van der Waals surface area contributed by atoms with Crippen molar-refractivity contribution in [2.24, 2.45) is 0 Å². The van der Waals surface area contributed by atoms with Crippen LogP contribution in [-0.4, -0.2) is 17.9 Å². The number of carbonyl (C=O) groups excluding carboxylic acids is 2. The number of ether oxygens (including phenoxy) is 1. The molecule has 0 spiro atoms. The van der Waals surface area contributed by atoms with E-state index in [-0.39, 0.29) is 18.3 Å². The zero-order chi connectivity index (χ0) is 19.9. The van der Waals surface area contributed by atoms with Crippen molar-refractivity contribution >= 4 is 17.5 Å². The van der Waals surface area contributed by atoms with Crippen LogP contribution in [0.4, 0.5) is 10.1 Å². The molecule has 2 N–H and O–H groups in total. The van der Waals surface area contributed by atoms with Crippen molar-refractivity contribution in [1.29, 1.82) is 0 Å². The van der Waals surface area contributed by atoms with Gasteiger partial charge in [-0.1, -0.05) is 18.2 Å². The smallest absolute Gasteiger partial charge is 0.255 e. The fraction of sp³-hybridized carbons (Fsp3) is 0.143. The van der Waals surface area contributed by atoms with Gasteiger partial charge >= 0.3 is 0 Å². The molecule has 1 atom stereocenters. The average molecular weight is 382 g/mol. The van der Waals surface area contributed by atoms with Crippen LogP contribution in [0.25, 0.3) is 0 Å². The minimum Gasteiger partial charge on any atom is -0.489 e. The molecule has 0 fully saturated rings. The van der Waals surface area contributed by atoms with Crippen molar-refractivity contribution in [2.75, 3.05) is 5.32 Å². The van der Waals surface area contributed by atoms with Crippen molar-refractivity contribution in [3.63, 3.8) is 0 Å². The van der Waals surface area contributed by atoms with Gasteiger partial charge in [0.25, 0.3) is 5.91 Å². The van der Waals surface area contributed by atoms with E-state index in [0.29, 0.717) is 17.0 Å². The van der Waals surface area contributed by atoms with Crippen LogP contribution in [-0.2, 0) is 11.4 Å². The Morgan fingerprint density at radius 3 is 2.71 bits per heavy atom. The highest BCUT2D eigenvalue weighted by Gasteiger charge is 2.17. The van der Waals surface area contributed by atoms with Gasteiger partial charge in [-0.25, -0.2) is 4.39 Å². The molecule has 144 valence electrons. The highest BCUT2D eigenvalue weighted by Crippen LogP contribution is 2.16. The van der Waals surface area contributed by atoms with Crippen LogP contribution in [0.3, 0.4) is 0 Å². The van der Waals surface area contributed by atoms with Crippen LogP contribution >= 0.6 is 0 Å². The maximum Gasteiger partial charge on any atom is 0.255 e. The monoisotopic (exact) mass is 382 g/mol. The number of halogens is 1. The summed E-state index contributed by atoms with van der Waals surface area (Å²) in [7, 11) is 0. The SMILES string of the molecule is C[C@@H](NC(=O)c1ccoc1)C(=O)Nc1cccc(COc2cccc(F)c2)c1. The fourth-order valence-electron chi connectivity index (χ4n) is 2.45. The number of benzene rings is 2. The highest BCUT2D eigenvalue weighted by molar-refractivity contribution is 6.00. The Hall–Kier alpha value is -3.61. The third kappa shape index (κ3) is 5.20. The molecule has 3 rings (SSSR count). The van der Waals surface area contributed by atoms with Crippen LogP contribution < -0.4 is 15.4 Å². The molecule has 0 bridgehead atoms. The Labute approximate surface area is 161 Å². The molecule has 0 radical (unpaired) electrons. The van der Waals surface area contributed by atoms with Gasteiger partial charge in [-0.05, 0) is 42.8 Å². The molecule has 2 amide bonds. The Bertz CT molecular complexity index is 957. The Morgan fingerprint density at radius 1 is 1.14 bits per heavy atom. The maximum atomic E-state index is 13.2. The minimum absolute atomic E-state index is 0.222. The van der Waals surface area contributed by atoms with E-state index in [4.69, 9.17) is 9.15 Å². The first kappa shape index (κ1) is 19.2. The third-order valence-electron chi connectivity index (χ3n) is 3.92. The van der Waals surface area contributed by atoms with Gasteiger partial charge < -0.3 is 19.8 Å². The lowest BCUT2D eigenvalue weighted by molar-refractivity contribution is -0.117. The van der Waals surface area contributed by atoms with Crippen molar-refractivity contribution in [1.82, 2.24) is 5.32 Å². The zero-order valence-corrected chi connectivity index (χ0v) is 15.1. The van der Waals surface area contributed by atoms with Crippen LogP contribution in [0.2, 0.25) is 0 Å². The summed E-state index contributed by atoms with van der Waals surface area (Å²) in [6.45, 7) is 1.81. The second-order valence-corrected chi connectivity index (χ2v) is 6.14. The van der Waals surface area contributed by atoms with E-state index in [1.165, 1.54) is 30.7 Å². The summed E-state index contributed by atoms with van der Waals surface area (Å²) in [5, 5.41) is 5.35. The standard InChI is InChI=1S/C21H19FN2O4/c1-14(23-21(26)16-8-9-27-13-16)20(25)24-18-6-2-4-15(10-18)12-28-19-7-3-5-17(22)11-19/h2-11,13-14H,12H2,1H3,(H,23,26)(H,24,25)/t14-/m1/s1. The predicted octanol–water partition coefficient (Wildman–Crippen LogP) is 3.75. The van der Waals surface area contributed by atoms with Crippen molar-refractivity contribution in [3.05, 3.63) is 84.1 Å². The van der Waals surface area contributed by atoms with Gasteiger partial charge in [-0.2, -0.15) is 0 Å². The van der Waals surface area contributed by atoms with E-state index in [9.17, 15) is 14.0 Å². The first-order valence-electron chi connectivity index (χ1n) is 8.62. The summed E-state index contributed by atoms with van der Waals surface area (Å²) in [6, 6.07) is 13.7. The lowest BCUT2D eigenvalue weighted by atomic mass is 10.2. The number of nitrogens with one attached hydrogen (secondary N) is 2. The van der Waals surface area contributed by atoms with E-state index < -0.39 is 11.9 Å². The molecular formula is C21H19FN2O4. The molecule has 0 saturated carbocycles. The quantitative estimate of drug-likeness (QED) is 0.652. The van der Waals surface area contributed by atoms with Crippen molar-refractivity contribution in [2.45, 2.75) is 19.6 Å². The summed E-state index contributed by atoms with van der Waals surface area (Å²) in [4.78, 5) is 24.3. The lowest BCUT2D eigenvalue weighted by Gasteiger charge is -2.14. The number of carbonyl (C=O) groups is 2. The summed E-state index contributed by atoms with van der Waals surface area (Å²) < 4.78 is 23.6. The summed E-state index contributed by atoms with van der Waals surface area (Å²) in [5.41, 5.74) is 1.71. The van der Waals surface area contributed by atoms with Gasteiger partial charge in [-0.3, -0.25) is 9.59 Å². The van der Waals surface area contributed by atoms with Gasteiger partial charge in [0.2, 0.25) is 5.91 Å². The second kappa shape index (κ2) is 8.85. The topological polar surface area (TPSA) is 80.6 Å². The van der Waals surface area contributed by atoms with Crippen LogP contribution in [0.15, 0.2) is 71.5 Å². The molecule has 1 heterocycles. The molecule has 0 unspecified atom stereocenters. The summed E-state index contributed by atoms with van der Waals surface area (Å²) in [5.74, 6) is -0.705. The fourth-order valence-corrected chi connectivity index (χ4v) is 2.45. The molecule has 0 saturated heterocycles. The van der Waals surface area contributed by atoms with Crippen molar-refractivity contribution in [3.8, 4) is 5.75 Å². The Balaban J connectivity index is 1.55. The van der Waals surface area contributed by atoms with E-state index >= 15 is 0 Å². The molecule has 7 heteroatoms. The number of rotatable bonds is 7. The molecule has 0 aliphatic rings. The van der Waals surface area contributed by atoms with Gasteiger partial charge in [-0.15, -0.1) is 0 Å². The number of furan rings is 1. The highest BCUT2D eigenvalue weighted by atomic mass is 19.1. The molecule has 0 aliphatic carbocycles. The van der Waals surface area contributed by atoms with E-state index in [0.717, 1.165) is 5.56 Å². The molecule has 2 aromatic carbocycles. The van der Waals surface area contributed by atoms with E-state index in [1.54, 1.807) is 37.3 Å². The molecule has 28 heavy (non-hydrogen) atoms. The number of hydrogen-bond donors (Lipinski definition) is 2. The third-order valence-corrected chi connectivity index (χ3v) is 3.92. The van der Waals surface area contributed by atoms with Crippen LogP contribution in [0.1, 0.15) is 22.8 Å². The van der Waals surface area contributed by atoms with Crippen molar-refractivity contribution < 1.29 is 23.1 Å². The second-order valence-electron chi connectivity index (χ2n) is 6.14. The largest absolute Gasteiger partial charge is 0.489 e. The zero-order valence-electron chi connectivity index (χ0n) is 15.1. The van der Waals surface area contributed by atoms with E-state index in [2.05, 4.69) is 10.6 Å². The molecule has 6 nitrogen and oxygen atoms in total. The summed E-state index contributed by atoms with van der Waals surface area (Å²) >= 11 is 0. The first-order valence-corrected chi connectivity index (χ1v) is 8.62. The molecule has 3 aromatic rings. The normalized spacial score (nSPS) is 11.5. The Kier molecular flexibility index (Phi) is 6.06. The average Bonchev–Trinajstić information content (AvgIpc) is 3.22. The Morgan fingerprint density at radius 2 is 1.96 bits per heavy atom. The van der Waals surface area contributed by atoms with Gasteiger partial charge in [0.1, 0.15) is 30.5 Å². The first-order chi connectivity index (χ1) is 13.5. The van der Waals surface area contributed by atoms with Gasteiger partial charge in [0, 0.05) is 11.8 Å². The van der Waals surface area contributed by atoms with Gasteiger partial charge in [0.05, 0.1) is 11.8 Å².